The molecule has 0 amide bonds. The predicted molar refractivity (Wildman–Crippen MR) is 101 cm³/mol. The summed E-state index contributed by atoms with van der Waals surface area (Å²) in [7, 11) is 1.07. The van der Waals surface area contributed by atoms with Gasteiger partial charge in [0, 0.05) is 45.1 Å². The molecule has 0 aliphatic heterocycles. The van der Waals surface area contributed by atoms with Crippen LogP contribution in [-0.2, 0) is 16.9 Å². The molecule has 0 spiro atoms. The van der Waals surface area contributed by atoms with Gasteiger partial charge in [-0.1, -0.05) is 0 Å². The van der Waals surface area contributed by atoms with Crippen LogP contribution in [0, 0.1) is 6.85 Å². The van der Waals surface area contributed by atoms with Crippen LogP contribution < -0.4 is 4.74 Å². The highest BCUT2D eigenvalue weighted by atomic mass is 32.2. The Morgan fingerprint density at radius 3 is 3.04 bits per heavy atom. The molecule has 7 heteroatoms. The molecule has 0 fully saturated rings. The minimum atomic E-state index is -3.01. The number of aromatic nitrogens is 4. The molecule has 3 heterocycles. The molecule has 132 valence electrons. The Morgan fingerprint density at radius 2 is 2.27 bits per heavy atom. The lowest BCUT2D eigenvalue weighted by atomic mass is 10.2. The van der Waals surface area contributed by atoms with E-state index in [-0.39, 0.29) is 28.7 Å². The molecule has 1 aromatic carbocycles. The van der Waals surface area contributed by atoms with Crippen molar-refractivity contribution in [2.24, 2.45) is 0 Å². The summed E-state index contributed by atoms with van der Waals surface area (Å²) in [4.78, 5) is 10.5. The third-order valence-electron chi connectivity index (χ3n) is 3.47. The Bertz CT molecular complexity index is 1510. The lowest BCUT2D eigenvalue weighted by Gasteiger charge is -2.10. The molecule has 0 radical (unpaired) electrons. The van der Waals surface area contributed by atoms with Crippen LogP contribution in [0.15, 0.2) is 60.0 Å². The smallest absolute Gasteiger partial charge is 0.322 e. The van der Waals surface area contributed by atoms with Gasteiger partial charge in [-0.2, -0.15) is 4.98 Å². The van der Waals surface area contributed by atoms with E-state index in [1.54, 1.807) is 0 Å². The second-order valence-corrected chi connectivity index (χ2v) is 6.16. The van der Waals surface area contributed by atoms with Crippen LogP contribution in [0.3, 0.4) is 0 Å². The van der Waals surface area contributed by atoms with Gasteiger partial charge in [0.25, 0.3) is 0 Å². The second-order valence-electron chi connectivity index (χ2n) is 5.03. The van der Waals surface area contributed by atoms with E-state index < -0.39 is 65.0 Å². The van der Waals surface area contributed by atoms with Gasteiger partial charge in [0.05, 0.1) is 34.8 Å². The topological polar surface area (TPSA) is 78.8 Å². The summed E-state index contributed by atoms with van der Waals surface area (Å²) in [6.45, 7) is -3.01. The second kappa shape index (κ2) is 6.86. The maximum atomic E-state index is 13.4. The van der Waals surface area contributed by atoms with Gasteiger partial charge in [-0.3, -0.25) is 9.97 Å². The number of methoxy groups -OCH3 is 1. The van der Waals surface area contributed by atoms with E-state index in [1.165, 1.54) is 18.2 Å². The summed E-state index contributed by atoms with van der Waals surface area (Å²) in [6, 6.07) is 2.81. The number of nitrogens with one attached hydrogen (secondary N) is 1. The molecule has 1 atom stereocenters. The lowest BCUT2D eigenvalue weighted by Crippen LogP contribution is -2.10. The standard InChI is InChI=1S/C19H18N4O2S/c1-13-17(20-8-7-18(13)25-2)12-26(24)19-21-15-6-5-14(11-16(15)22-19)23-9-3-4-10-23/h3-11H,12H2,1-2H3,(H,21,22)/i1D3,3D,4D,7D,8D,9D,10D,12D2. The van der Waals surface area contributed by atoms with Crippen molar-refractivity contribution in [3.63, 3.8) is 0 Å². The zero-order valence-electron chi connectivity index (χ0n) is 24.3. The number of benzene rings is 1. The molecule has 26 heavy (non-hydrogen) atoms. The minimum absolute atomic E-state index is 0.159. The molecule has 0 bridgehead atoms. The maximum absolute atomic E-state index is 13.4. The number of H-pyrrole nitrogens is 1. The van der Waals surface area contributed by atoms with Crippen molar-refractivity contribution in [1.82, 2.24) is 19.5 Å². The van der Waals surface area contributed by atoms with Crippen LogP contribution in [-0.4, -0.2) is 31.2 Å². The molecule has 4 aromatic rings. The lowest BCUT2D eigenvalue weighted by molar-refractivity contribution is 0.410. The van der Waals surface area contributed by atoms with Crippen LogP contribution in [0.4, 0.5) is 0 Å². The van der Waals surface area contributed by atoms with Gasteiger partial charge in [0.15, 0.2) is 5.70 Å². The highest BCUT2D eigenvalue weighted by molar-refractivity contribution is 7.90. The molecule has 1 N–H and O–H groups in total. The fourth-order valence-corrected chi connectivity index (χ4v) is 3.05. The van der Waals surface area contributed by atoms with Gasteiger partial charge in [-0.05, 0) is 43.2 Å². The van der Waals surface area contributed by atoms with E-state index in [0.717, 1.165) is 11.7 Å². The number of pyridine rings is 1. The van der Waals surface area contributed by atoms with E-state index in [1.807, 2.05) is 0 Å². The van der Waals surface area contributed by atoms with Gasteiger partial charge in [0.1, 0.15) is 5.75 Å². The van der Waals surface area contributed by atoms with Gasteiger partial charge in [-0.15, -0.1) is 0 Å². The number of hydrogen-bond donors (Lipinski definition) is 1. The Hall–Kier alpha value is -2.77. The predicted octanol–water partition coefficient (Wildman–Crippen LogP) is 3.37. The number of nitrogens with zero attached hydrogens (tertiary/aromatic N) is 3. The average molecular weight is 378 g/mol. The van der Waals surface area contributed by atoms with Crippen molar-refractivity contribution in [1.29, 1.82) is 0 Å². The molecule has 0 saturated carbocycles. The molecule has 6 nitrogen and oxygen atoms in total. The van der Waals surface area contributed by atoms with Crippen molar-refractivity contribution in [2.45, 2.75) is 17.7 Å². The Morgan fingerprint density at radius 1 is 1.42 bits per heavy atom. The largest absolute Gasteiger partial charge is 0.609 e. The Labute approximate surface area is 169 Å². The molecular weight excluding hydrogens is 348 g/mol. The third-order valence-corrected chi connectivity index (χ3v) is 4.39. The van der Waals surface area contributed by atoms with Crippen molar-refractivity contribution >= 4 is 22.2 Å². The van der Waals surface area contributed by atoms with Gasteiger partial charge < -0.3 is 13.9 Å². The summed E-state index contributed by atoms with van der Waals surface area (Å²) in [5.41, 5.74) is -3.92. The van der Waals surface area contributed by atoms with Crippen LogP contribution in [0.25, 0.3) is 16.7 Å². The number of fused-ring (bicyclic) bond motifs is 1. The average Bonchev–Trinajstić information content (AvgIpc) is 3.33. The summed E-state index contributed by atoms with van der Waals surface area (Å²) in [5, 5.41) is -0.386. The van der Waals surface area contributed by atoms with Crippen molar-refractivity contribution in [3.8, 4) is 11.4 Å². The molecule has 3 aromatic heterocycles. The SMILES string of the molecule is [2H]c1nc(C([2H])([2H])[S+]([O-])c2nc3cc(-n4c([2H])c([2H])c([2H])c4[2H])ccc3[nH]2)c(C([2H])([2H])[2H])c(OC)c1[2H]. The summed E-state index contributed by atoms with van der Waals surface area (Å²) >= 11 is -2.69. The fourth-order valence-electron chi connectivity index (χ4n) is 2.25. The van der Waals surface area contributed by atoms with E-state index in [0.29, 0.717) is 5.52 Å². The number of aromatic amines is 1. The van der Waals surface area contributed by atoms with E-state index in [9.17, 15) is 4.55 Å². The van der Waals surface area contributed by atoms with E-state index >= 15 is 0 Å². The van der Waals surface area contributed by atoms with Crippen molar-refractivity contribution in [3.05, 3.63) is 66.1 Å². The monoisotopic (exact) mass is 377 g/mol. The van der Waals surface area contributed by atoms with Gasteiger partial charge >= 0.3 is 5.16 Å². The van der Waals surface area contributed by atoms with Crippen LogP contribution in [0.2, 0.25) is 0 Å². The first kappa shape index (κ1) is 8.28. The van der Waals surface area contributed by atoms with E-state index in [4.69, 9.17) is 19.8 Å². The molecule has 1 unspecified atom stereocenters. The summed E-state index contributed by atoms with van der Waals surface area (Å²) < 4.78 is 107. The fraction of sp³-hybridized carbons (Fsp3) is 0.158. The Balaban J connectivity index is 1.83. The maximum Gasteiger partial charge on any atom is 0.322 e. The highest BCUT2D eigenvalue weighted by Crippen LogP contribution is 2.24. The highest BCUT2D eigenvalue weighted by Gasteiger charge is 2.20. The van der Waals surface area contributed by atoms with Crippen LogP contribution in [0.5, 0.6) is 5.75 Å². The number of imidazole rings is 1. The minimum Gasteiger partial charge on any atom is -0.609 e. The van der Waals surface area contributed by atoms with Crippen LogP contribution >= 0.6 is 0 Å². The Kier molecular flexibility index (Phi) is 2.18. The summed E-state index contributed by atoms with van der Waals surface area (Å²) in [6.07, 6.45) is -1.53. The number of hydrogen-bond acceptors (Lipinski definition) is 4. The number of ether oxygens (including phenoxy) is 1. The first-order chi connectivity index (χ1) is 17.1. The normalized spacial score (nSPS) is 19.5. The summed E-state index contributed by atoms with van der Waals surface area (Å²) in [5.74, 6) is -0.572. The zero-order chi connectivity index (χ0) is 27.6. The van der Waals surface area contributed by atoms with Gasteiger partial charge in [-0.25, -0.2) is 0 Å². The van der Waals surface area contributed by atoms with Gasteiger partial charge in [0.2, 0.25) is 0 Å². The van der Waals surface area contributed by atoms with Crippen molar-refractivity contribution < 1.29 is 24.4 Å². The zero-order valence-corrected chi connectivity index (χ0v) is 14.1. The van der Waals surface area contributed by atoms with Crippen LogP contribution in [0.1, 0.15) is 26.3 Å². The third kappa shape index (κ3) is 3.07. The molecule has 0 aliphatic carbocycles. The number of rotatable bonds is 5. The first-order valence-electron chi connectivity index (χ1n) is 12.7. The molecular formula is C19H18N4O2S. The quantitative estimate of drug-likeness (QED) is 0.541. The van der Waals surface area contributed by atoms with E-state index in [2.05, 4.69) is 15.0 Å². The molecule has 0 saturated heterocycles. The molecule has 0 aliphatic rings. The first-order valence-corrected chi connectivity index (χ1v) is 8.39. The molecule has 4 rings (SSSR count). The van der Waals surface area contributed by atoms with Crippen molar-refractivity contribution in [2.75, 3.05) is 7.11 Å².